The summed E-state index contributed by atoms with van der Waals surface area (Å²) in [4.78, 5) is 13.1. The van der Waals surface area contributed by atoms with Gasteiger partial charge in [0.2, 0.25) is 5.91 Å². The van der Waals surface area contributed by atoms with E-state index in [-0.39, 0.29) is 5.91 Å². The molecule has 0 aliphatic heterocycles. The van der Waals surface area contributed by atoms with Gasteiger partial charge in [-0.2, -0.15) is 0 Å². The molecular weight excluding hydrogens is 188 g/mol. The van der Waals surface area contributed by atoms with Crippen molar-refractivity contribution < 1.29 is 4.79 Å². The standard InChI is InChI=1S/C12H24N2O/c1-9-5-10(2)7-11(6-9)13-8-12(15)14(3)4/h9-11,13H,5-8H2,1-4H3. The first-order chi connectivity index (χ1) is 6.99. The summed E-state index contributed by atoms with van der Waals surface area (Å²) >= 11 is 0. The van der Waals surface area contributed by atoms with Gasteiger partial charge >= 0.3 is 0 Å². The van der Waals surface area contributed by atoms with E-state index in [4.69, 9.17) is 0 Å². The van der Waals surface area contributed by atoms with Gasteiger partial charge in [0.25, 0.3) is 0 Å². The van der Waals surface area contributed by atoms with Crippen molar-refractivity contribution in [3.8, 4) is 0 Å². The number of amides is 1. The Morgan fingerprint density at radius 3 is 2.20 bits per heavy atom. The minimum atomic E-state index is 0.167. The van der Waals surface area contributed by atoms with Crippen LogP contribution >= 0.6 is 0 Å². The second kappa shape index (κ2) is 5.50. The van der Waals surface area contributed by atoms with Crippen molar-refractivity contribution in [3.05, 3.63) is 0 Å². The molecule has 3 nitrogen and oxygen atoms in total. The van der Waals surface area contributed by atoms with Gasteiger partial charge in [-0.25, -0.2) is 0 Å². The Balaban J connectivity index is 2.29. The highest BCUT2D eigenvalue weighted by atomic mass is 16.2. The first-order valence-corrected chi connectivity index (χ1v) is 5.92. The fourth-order valence-corrected chi connectivity index (χ4v) is 2.50. The third kappa shape index (κ3) is 4.20. The van der Waals surface area contributed by atoms with Gasteiger partial charge in [-0.3, -0.25) is 4.79 Å². The first-order valence-electron chi connectivity index (χ1n) is 5.92. The number of carbonyl (C=O) groups excluding carboxylic acids is 1. The van der Waals surface area contributed by atoms with Crippen LogP contribution in [0.15, 0.2) is 0 Å². The van der Waals surface area contributed by atoms with Crippen molar-refractivity contribution >= 4 is 5.91 Å². The van der Waals surface area contributed by atoms with E-state index in [1.54, 1.807) is 19.0 Å². The topological polar surface area (TPSA) is 32.3 Å². The highest BCUT2D eigenvalue weighted by Gasteiger charge is 2.23. The Hall–Kier alpha value is -0.570. The summed E-state index contributed by atoms with van der Waals surface area (Å²) in [7, 11) is 3.60. The molecule has 2 atom stereocenters. The van der Waals surface area contributed by atoms with E-state index in [2.05, 4.69) is 19.2 Å². The molecule has 1 rings (SSSR count). The van der Waals surface area contributed by atoms with Crippen molar-refractivity contribution in [2.45, 2.75) is 39.2 Å². The van der Waals surface area contributed by atoms with E-state index < -0.39 is 0 Å². The molecule has 0 bridgehead atoms. The van der Waals surface area contributed by atoms with Gasteiger partial charge in [0, 0.05) is 20.1 Å². The lowest BCUT2D eigenvalue weighted by Crippen LogP contribution is -2.42. The van der Waals surface area contributed by atoms with Crippen LogP contribution in [0.2, 0.25) is 0 Å². The van der Waals surface area contributed by atoms with Crippen LogP contribution in [0.1, 0.15) is 33.1 Å². The fourth-order valence-electron chi connectivity index (χ4n) is 2.50. The van der Waals surface area contributed by atoms with Gasteiger partial charge in [-0.05, 0) is 31.1 Å². The molecule has 3 heteroatoms. The molecule has 0 spiro atoms. The summed E-state index contributed by atoms with van der Waals surface area (Å²) in [6, 6.07) is 0.535. The van der Waals surface area contributed by atoms with Gasteiger partial charge < -0.3 is 10.2 Å². The third-order valence-electron chi connectivity index (χ3n) is 3.22. The Labute approximate surface area is 93.2 Å². The third-order valence-corrected chi connectivity index (χ3v) is 3.22. The predicted octanol–water partition coefficient (Wildman–Crippen LogP) is 1.49. The number of nitrogens with zero attached hydrogens (tertiary/aromatic N) is 1. The molecular formula is C12H24N2O. The molecule has 15 heavy (non-hydrogen) atoms. The molecule has 1 aliphatic rings. The number of carbonyl (C=O) groups is 1. The molecule has 1 saturated carbocycles. The second-order valence-electron chi connectivity index (χ2n) is 5.28. The normalized spacial score (nSPS) is 31.3. The maximum atomic E-state index is 11.4. The summed E-state index contributed by atoms with van der Waals surface area (Å²) in [5.74, 6) is 1.75. The van der Waals surface area contributed by atoms with Crippen molar-refractivity contribution in [3.63, 3.8) is 0 Å². The highest BCUT2D eigenvalue weighted by molar-refractivity contribution is 5.77. The van der Waals surface area contributed by atoms with E-state index in [0.717, 1.165) is 11.8 Å². The first kappa shape index (κ1) is 12.5. The highest BCUT2D eigenvalue weighted by Crippen LogP contribution is 2.28. The van der Waals surface area contributed by atoms with Crippen LogP contribution in [0.25, 0.3) is 0 Å². The van der Waals surface area contributed by atoms with Gasteiger partial charge in [-0.15, -0.1) is 0 Å². The van der Waals surface area contributed by atoms with Crippen LogP contribution < -0.4 is 5.32 Å². The second-order valence-corrected chi connectivity index (χ2v) is 5.28. The predicted molar refractivity (Wildman–Crippen MR) is 62.7 cm³/mol. The largest absolute Gasteiger partial charge is 0.348 e. The lowest BCUT2D eigenvalue weighted by atomic mass is 9.80. The van der Waals surface area contributed by atoms with Crippen molar-refractivity contribution in [2.24, 2.45) is 11.8 Å². The lowest BCUT2D eigenvalue weighted by Gasteiger charge is -2.32. The average molecular weight is 212 g/mol. The molecule has 1 amide bonds. The zero-order valence-corrected chi connectivity index (χ0v) is 10.4. The zero-order chi connectivity index (χ0) is 11.4. The monoisotopic (exact) mass is 212 g/mol. The van der Waals surface area contributed by atoms with Crippen molar-refractivity contribution in [1.82, 2.24) is 10.2 Å². The van der Waals surface area contributed by atoms with Crippen molar-refractivity contribution in [2.75, 3.05) is 20.6 Å². The molecule has 0 aromatic rings. The Morgan fingerprint density at radius 1 is 1.20 bits per heavy atom. The maximum absolute atomic E-state index is 11.4. The smallest absolute Gasteiger partial charge is 0.236 e. The van der Waals surface area contributed by atoms with E-state index >= 15 is 0 Å². The summed E-state index contributed by atoms with van der Waals surface area (Å²) in [5.41, 5.74) is 0. The van der Waals surface area contributed by atoms with Crippen LogP contribution in [-0.2, 0) is 4.79 Å². The van der Waals surface area contributed by atoms with Gasteiger partial charge in [-0.1, -0.05) is 13.8 Å². The Morgan fingerprint density at radius 2 is 1.73 bits per heavy atom. The number of hydrogen-bond acceptors (Lipinski definition) is 2. The number of likely N-dealkylation sites (N-methyl/N-ethyl adjacent to an activating group) is 1. The minimum Gasteiger partial charge on any atom is -0.348 e. The molecule has 1 aliphatic carbocycles. The van der Waals surface area contributed by atoms with Crippen LogP contribution in [0.3, 0.4) is 0 Å². The summed E-state index contributed by atoms with van der Waals surface area (Å²) in [6.07, 6.45) is 3.76. The molecule has 88 valence electrons. The van der Waals surface area contributed by atoms with E-state index in [0.29, 0.717) is 12.6 Å². The van der Waals surface area contributed by atoms with Crippen LogP contribution in [0, 0.1) is 11.8 Å². The van der Waals surface area contributed by atoms with E-state index in [1.807, 2.05) is 0 Å². The van der Waals surface area contributed by atoms with Crippen LogP contribution in [0.5, 0.6) is 0 Å². The summed E-state index contributed by atoms with van der Waals surface area (Å²) in [5, 5.41) is 3.37. The quantitative estimate of drug-likeness (QED) is 0.768. The van der Waals surface area contributed by atoms with Crippen molar-refractivity contribution in [1.29, 1.82) is 0 Å². The van der Waals surface area contributed by atoms with Gasteiger partial charge in [0.1, 0.15) is 0 Å². The lowest BCUT2D eigenvalue weighted by molar-refractivity contribution is -0.127. The molecule has 0 heterocycles. The zero-order valence-electron chi connectivity index (χ0n) is 10.4. The van der Waals surface area contributed by atoms with Crippen LogP contribution in [0.4, 0.5) is 0 Å². The molecule has 0 aromatic heterocycles. The number of nitrogens with one attached hydrogen (secondary N) is 1. The number of rotatable bonds is 3. The van der Waals surface area contributed by atoms with E-state index in [1.165, 1.54) is 19.3 Å². The average Bonchev–Trinajstić information content (AvgIpc) is 2.12. The SMILES string of the molecule is CC1CC(C)CC(NCC(=O)N(C)C)C1. The summed E-state index contributed by atoms with van der Waals surface area (Å²) in [6.45, 7) is 5.09. The Bertz CT molecular complexity index is 206. The van der Waals surface area contributed by atoms with Crippen LogP contribution in [-0.4, -0.2) is 37.5 Å². The summed E-state index contributed by atoms with van der Waals surface area (Å²) < 4.78 is 0. The molecule has 0 saturated heterocycles. The molecule has 1 N–H and O–H groups in total. The molecule has 2 unspecified atom stereocenters. The minimum absolute atomic E-state index is 0.167. The fraction of sp³-hybridized carbons (Fsp3) is 0.917. The molecule has 1 fully saturated rings. The maximum Gasteiger partial charge on any atom is 0.236 e. The van der Waals surface area contributed by atoms with E-state index in [9.17, 15) is 4.79 Å². The Kier molecular flexibility index (Phi) is 4.58. The molecule has 0 radical (unpaired) electrons. The van der Waals surface area contributed by atoms with Gasteiger partial charge in [0.15, 0.2) is 0 Å². The van der Waals surface area contributed by atoms with Gasteiger partial charge in [0.05, 0.1) is 6.54 Å². The number of hydrogen-bond donors (Lipinski definition) is 1. The molecule has 0 aromatic carbocycles.